The number of amides is 1. The SMILES string of the molecule is CC1CCCN(CCC(NC2CC2)C(N)=O)C1. The highest BCUT2D eigenvalue weighted by atomic mass is 16.1. The van der Waals surface area contributed by atoms with Crippen molar-refractivity contribution in [1.82, 2.24) is 10.2 Å². The van der Waals surface area contributed by atoms with E-state index >= 15 is 0 Å². The molecule has 4 heteroatoms. The second-order valence-corrected chi connectivity index (χ2v) is 5.73. The molecule has 2 unspecified atom stereocenters. The molecule has 0 aromatic rings. The summed E-state index contributed by atoms with van der Waals surface area (Å²) in [5.41, 5.74) is 5.44. The van der Waals surface area contributed by atoms with E-state index < -0.39 is 0 Å². The molecule has 0 aromatic heterocycles. The fourth-order valence-corrected chi connectivity index (χ4v) is 2.64. The van der Waals surface area contributed by atoms with Crippen molar-refractivity contribution in [2.75, 3.05) is 19.6 Å². The smallest absolute Gasteiger partial charge is 0.234 e. The van der Waals surface area contributed by atoms with Crippen LogP contribution in [0.3, 0.4) is 0 Å². The maximum Gasteiger partial charge on any atom is 0.234 e. The van der Waals surface area contributed by atoms with Gasteiger partial charge in [0.15, 0.2) is 0 Å². The highest BCUT2D eigenvalue weighted by molar-refractivity contribution is 5.79. The van der Waals surface area contributed by atoms with Crippen molar-refractivity contribution in [3.8, 4) is 0 Å². The van der Waals surface area contributed by atoms with Crippen molar-refractivity contribution in [1.29, 1.82) is 0 Å². The summed E-state index contributed by atoms with van der Waals surface area (Å²) in [5.74, 6) is 0.606. The van der Waals surface area contributed by atoms with Crippen LogP contribution in [0.15, 0.2) is 0 Å². The Labute approximate surface area is 104 Å². The van der Waals surface area contributed by atoms with Crippen LogP contribution in [-0.2, 0) is 4.79 Å². The van der Waals surface area contributed by atoms with Crippen molar-refractivity contribution >= 4 is 5.91 Å². The molecule has 1 saturated carbocycles. The van der Waals surface area contributed by atoms with Crippen molar-refractivity contribution in [3.05, 3.63) is 0 Å². The van der Waals surface area contributed by atoms with E-state index in [0.717, 1.165) is 18.9 Å². The molecule has 1 saturated heterocycles. The van der Waals surface area contributed by atoms with Gasteiger partial charge < -0.3 is 16.0 Å². The minimum Gasteiger partial charge on any atom is -0.368 e. The van der Waals surface area contributed by atoms with Crippen molar-refractivity contribution < 1.29 is 4.79 Å². The lowest BCUT2D eigenvalue weighted by Crippen LogP contribution is -2.45. The van der Waals surface area contributed by atoms with Gasteiger partial charge in [0, 0.05) is 19.1 Å². The van der Waals surface area contributed by atoms with E-state index in [9.17, 15) is 4.79 Å². The largest absolute Gasteiger partial charge is 0.368 e. The average Bonchev–Trinajstić information content (AvgIpc) is 3.07. The zero-order chi connectivity index (χ0) is 12.3. The number of hydrogen-bond acceptors (Lipinski definition) is 3. The molecule has 3 N–H and O–H groups in total. The Balaban J connectivity index is 1.71. The predicted molar refractivity (Wildman–Crippen MR) is 68.6 cm³/mol. The van der Waals surface area contributed by atoms with Crippen LogP contribution in [0, 0.1) is 5.92 Å². The number of rotatable bonds is 6. The lowest BCUT2D eigenvalue weighted by atomic mass is 10.00. The van der Waals surface area contributed by atoms with E-state index in [2.05, 4.69) is 17.1 Å². The van der Waals surface area contributed by atoms with Crippen LogP contribution in [0.1, 0.15) is 39.0 Å². The first kappa shape index (κ1) is 12.8. The van der Waals surface area contributed by atoms with Crippen LogP contribution in [0.4, 0.5) is 0 Å². The van der Waals surface area contributed by atoms with Gasteiger partial charge in [0.1, 0.15) is 0 Å². The number of hydrogen-bond donors (Lipinski definition) is 2. The second-order valence-electron chi connectivity index (χ2n) is 5.73. The Hall–Kier alpha value is -0.610. The predicted octanol–water partition coefficient (Wildman–Crippen LogP) is 0.714. The highest BCUT2D eigenvalue weighted by Crippen LogP contribution is 2.20. The molecule has 1 aliphatic carbocycles. The maximum atomic E-state index is 11.3. The number of carbonyl (C=O) groups excluding carboxylic acids is 1. The normalized spacial score (nSPS) is 27.9. The number of carbonyl (C=O) groups is 1. The third kappa shape index (κ3) is 4.28. The molecule has 2 aliphatic rings. The van der Waals surface area contributed by atoms with E-state index in [0.29, 0.717) is 6.04 Å². The van der Waals surface area contributed by atoms with Crippen molar-refractivity contribution in [2.45, 2.75) is 51.1 Å². The average molecular weight is 239 g/mol. The summed E-state index contributed by atoms with van der Waals surface area (Å²) in [5, 5.41) is 3.34. The lowest BCUT2D eigenvalue weighted by Gasteiger charge is -2.31. The topological polar surface area (TPSA) is 58.4 Å². The van der Waals surface area contributed by atoms with Crippen LogP contribution in [-0.4, -0.2) is 42.5 Å². The standard InChI is InChI=1S/C13H25N3O/c1-10-3-2-7-16(9-10)8-6-12(13(14)17)15-11-4-5-11/h10-12,15H,2-9H2,1H3,(H2,14,17). The number of nitrogens with two attached hydrogens (primary N) is 1. The molecule has 98 valence electrons. The Morgan fingerprint density at radius 3 is 2.82 bits per heavy atom. The Kier molecular flexibility index (Phi) is 4.40. The molecule has 0 radical (unpaired) electrons. The van der Waals surface area contributed by atoms with Gasteiger partial charge in [-0.2, -0.15) is 0 Å². The number of likely N-dealkylation sites (tertiary alicyclic amines) is 1. The Morgan fingerprint density at radius 2 is 2.24 bits per heavy atom. The van der Waals surface area contributed by atoms with Crippen molar-refractivity contribution in [2.24, 2.45) is 11.7 Å². The molecule has 17 heavy (non-hydrogen) atoms. The van der Waals surface area contributed by atoms with E-state index in [4.69, 9.17) is 5.73 Å². The van der Waals surface area contributed by atoms with Gasteiger partial charge in [-0.05, 0) is 44.6 Å². The molecule has 4 nitrogen and oxygen atoms in total. The Morgan fingerprint density at radius 1 is 1.47 bits per heavy atom. The van der Waals surface area contributed by atoms with E-state index in [1.165, 1.54) is 38.8 Å². The van der Waals surface area contributed by atoms with E-state index in [-0.39, 0.29) is 11.9 Å². The van der Waals surface area contributed by atoms with E-state index in [1.807, 2.05) is 0 Å². The van der Waals surface area contributed by atoms with Crippen LogP contribution in [0.2, 0.25) is 0 Å². The first-order valence-electron chi connectivity index (χ1n) is 6.93. The summed E-state index contributed by atoms with van der Waals surface area (Å²) >= 11 is 0. The molecule has 2 fully saturated rings. The van der Waals surface area contributed by atoms with Crippen LogP contribution in [0.5, 0.6) is 0 Å². The molecular weight excluding hydrogens is 214 g/mol. The van der Waals surface area contributed by atoms with Gasteiger partial charge in [-0.1, -0.05) is 6.92 Å². The third-order valence-electron chi connectivity index (χ3n) is 3.83. The third-order valence-corrected chi connectivity index (χ3v) is 3.83. The van der Waals surface area contributed by atoms with Gasteiger partial charge in [0.2, 0.25) is 5.91 Å². The molecule has 2 atom stereocenters. The molecular formula is C13H25N3O. The summed E-state index contributed by atoms with van der Waals surface area (Å²) in [6.45, 7) is 5.66. The molecule has 0 spiro atoms. The maximum absolute atomic E-state index is 11.3. The summed E-state index contributed by atoms with van der Waals surface area (Å²) in [4.78, 5) is 13.8. The molecule has 0 bridgehead atoms. The van der Waals surface area contributed by atoms with E-state index in [1.54, 1.807) is 0 Å². The van der Waals surface area contributed by atoms with Crippen molar-refractivity contribution in [3.63, 3.8) is 0 Å². The van der Waals surface area contributed by atoms with Gasteiger partial charge in [0.25, 0.3) is 0 Å². The fourth-order valence-electron chi connectivity index (χ4n) is 2.64. The number of nitrogens with one attached hydrogen (secondary N) is 1. The molecule has 1 amide bonds. The van der Waals surface area contributed by atoms with Gasteiger partial charge in [-0.25, -0.2) is 0 Å². The first-order valence-corrected chi connectivity index (χ1v) is 6.93. The summed E-state index contributed by atoms with van der Waals surface area (Å²) < 4.78 is 0. The quantitative estimate of drug-likeness (QED) is 0.718. The van der Waals surface area contributed by atoms with Gasteiger partial charge in [-0.15, -0.1) is 0 Å². The number of primary amides is 1. The van der Waals surface area contributed by atoms with Crippen LogP contribution in [0.25, 0.3) is 0 Å². The van der Waals surface area contributed by atoms with Crippen LogP contribution < -0.4 is 11.1 Å². The number of piperidine rings is 1. The molecule has 2 rings (SSSR count). The lowest BCUT2D eigenvalue weighted by molar-refractivity contribution is -0.120. The van der Waals surface area contributed by atoms with Gasteiger partial charge in [-0.3, -0.25) is 4.79 Å². The summed E-state index contributed by atoms with van der Waals surface area (Å²) in [7, 11) is 0. The zero-order valence-corrected chi connectivity index (χ0v) is 10.8. The molecule has 0 aromatic carbocycles. The fraction of sp³-hybridized carbons (Fsp3) is 0.923. The summed E-state index contributed by atoms with van der Waals surface area (Å²) in [6.07, 6.45) is 5.89. The van der Waals surface area contributed by atoms with Crippen LogP contribution >= 0.6 is 0 Å². The zero-order valence-electron chi connectivity index (χ0n) is 10.8. The minimum atomic E-state index is -0.193. The highest BCUT2D eigenvalue weighted by Gasteiger charge is 2.27. The Bertz CT molecular complexity index is 265. The minimum absolute atomic E-state index is 0.125. The number of nitrogens with zero attached hydrogens (tertiary/aromatic N) is 1. The molecule has 1 aliphatic heterocycles. The molecule has 1 heterocycles. The summed E-state index contributed by atoms with van der Waals surface area (Å²) in [6, 6.07) is 0.424. The second kappa shape index (κ2) is 5.83. The monoisotopic (exact) mass is 239 g/mol. The van der Waals surface area contributed by atoms with Gasteiger partial charge in [0.05, 0.1) is 6.04 Å². The van der Waals surface area contributed by atoms with Gasteiger partial charge >= 0.3 is 0 Å². The first-order chi connectivity index (χ1) is 8.15.